The van der Waals surface area contributed by atoms with E-state index in [0.717, 1.165) is 35.0 Å². The van der Waals surface area contributed by atoms with Gasteiger partial charge in [-0.25, -0.2) is 0 Å². The smallest absolute Gasteiger partial charge is 0.134 e. The number of benzene rings is 2. The zero-order chi connectivity index (χ0) is 12.1. The summed E-state index contributed by atoms with van der Waals surface area (Å²) in [7, 11) is 0. The Morgan fingerprint density at radius 1 is 1.00 bits per heavy atom. The van der Waals surface area contributed by atoms with Gasteiger partial charge in [0.05, 0.1) is 11.1 Å². The van der Waals surface area contributed by atoms with E-state index < -0.39 is 0 Å². The van der Waals surface area contributed by atoms with Crippen molar-refractivity contribution in [2.45, 2.75) is 12.8 Å². The first kappa shape index (κ1) is 12.9. The molecule has 0 bridgehead atoms. The molecule has 2 rings (SSSR count). The Labute approximate surface area is 118 Å². The van der Waals surface area contributed by atoms with Crippen molar-refractivity contribution in [3.05, 3.63) is 40.9 Å². The molecular weight excluding hydrogens is 344 g/mol. The van der Waals surface area contributed by atoms with Gasteiger partial charge in [-0.3, -0.25) is 0 Å². The van der Waals surface area contributed by atoms with Gasteiger partial charge < -0.3 is 4.74 Å². The lowest BCUT2D eigenvalue weighted by molar-refractivity contribution is 0.308. The average molecular weight is 358 g/mol. The van der Waals surface area contributed by atoms with Crippen molar-refractivity contribution in [3.63, 3.8) is 0 Å². The molecule has 2 aromatic carbocycles. The van der Waals surface area contributed by atoms with Crippen molar-refractivity contribution >= 4 is 42.6 Å². The summed E-state index contributed by atoms with van der Waals surface area (Å²) in [6, 6.07) is 12.4. The molecule has 3 heteroatoms. The quantitative estimate of drug-likeness (QED) is 0.530. The molecule has 0 spiro atoms. The fourth-order valence-corrected chi connectivity index (χ4v) is 2.71. The predicted octanol–water partition coefficient (Wildman–Crippen LogP) is 5.16. The van der Waals surface area contributed by atoms with Gasteiger partial charge >= 0.3 is 0 Å². The summed E-state index contributed by atoms with van der Waals surface area (Å²) in [6.45, 7) is 0.766. The van der Waals surface area contributed by atoms with E-state index in [1.54, 1.807) is 0 Å². The number of ether oxygens (including phenoxy) is 1. The maximum Gasteiger partial charge on any atom is 0.134 e. The van der Waals surface area contributed by atoms with Crippen LogP contribution in [0.3, 0.4) is 0 Å². The molecule has 0 radical (unpaired) electrons. The van der Waals surface area contributed by atoms with Gasteiger partial charge in [0.15, 0.2) is 0 Å². The Morgan fingerprint density at radius 3 is 2.65 bits per heavy atom. The summed E-state index contributed by atoms with van der Waals surface area (Å²) in [6.07, 6.45) is 2.22. The molecule has 90 valence electrons. The van der Waals surface area contributed by atoms with E-state index in [1.165, 1.54) is 10.8 Å². The third-order valence-corrected chi connectivity index (χ3v) is 3.99. The third-order valence-electron chi connectivity index (χ3n) is 2.61. The second kappa shape index (κ2) is 6.41. The van der Waals surface area contributed by atoms with Crippen LogP contribution in [-0.2, 0) is 0 Å². The average Bonchev–Trinajstić information content (AvgIpc) is 2.37. The minimum absolute atomic E-state index is 0.766. The first-order valence-electron chi connectivity index (χ1n) is 5.69. The lowest BCUT2D eigenvalue weighted by Gasteiger charge is -2.09. The first-order chi connectivity index (χ1) is 8.33. The van der Waals surface area contributed by atoms with Crippen LogP contribution >= 0.6 is 31.9 Å². The van der Waals surface area contributed by atoms with Crippen LogP contribution in [0.4, 0.5) is 0 Å². The summed E-state index contributed by atoms with van der Waals surface area (Å²) in [4.78, 5) is 0. The largest absolute Gasteiger partial charge is 0.492 e. The normalized spacial score (nSPS) is 10.7. The summed E-state index contributed by atoms with van der Waals surface area (Å²) in [5, 5.41) is 3.47. The predicted molar refractivity (Wildman–Crippen MR) is 80.2 cm³/mol. The molecule has 0 aliphatic carbocycles. The van der Waals surface area contributed by atoms with Crippen LogP contribution in [0.2, 0.25) is 0 Å². The lowest BCUT2D eigenvalue weighted by Crippen LogP contribution is -1.98. The molecule has 0 saturated heterocycles. The minimum Gasteiger partial charge on any atom is -0.492 e. The van der Waals surface area contributed by atoms with Crippen LogP contribution in [0.5, 0.6) is 5.75 Å². The number of alkyl halides is 1. The summed E-state index contributed by atoms with van der Waals surface area (Å²) in [5.74, 6) is 0.929. The second-order valence-electron chi connectivity index (χ2n) is 3.84. The molecule has 0 aliphatic rings. The molecule has 0 saturated carbocycles. The van der Waals surface area contributed by atoms with Gasteiger partial charge in [-0.15, -0.1) is 0 Å². The first-order valence-corrected chi connectivity index (χ1v) is 7.60. The van der Waals surface area contributed by atoms with Crippen LogP contribution in [0, 0.1) is 0 Å². The molecule has 0 amide bonds. The van der Waals surface area contributed by atoms with E-state index in [2.05, 4.69) is 50.1 Å². The third kappa shape index (κ3) is 3.23. The van der Waals surface area contributed by atoms with Gasteiger partial charge in [0.1, 0.15) is 5.75 Å². The van der Waals surface area contributed by atoms with Crippen molar-refractivity contribution in [3.8, 4) is 5.75 Å². The zero-order valence-corrected chi connectivity index (χ0v) is 12.6. The fraction of sp³-hybridized carbons (Fsp3) is 0.286. The number of unbranched alkanes of at least 4 members (excludes halogenated alkanes) is 1. The molecule has 1 nitrogen and oxygen atoms in total. The van der Waals surface area contributed by atoms with E-state index in [0.29, 0.717) is 0 Å². The molecule has 0 atom stereocenters. The Bertz CT molecular complexity index is 497. The molecule has 0 fully saturated rings. The van der Waals surface area contributed by atoms with Gasteiger partial charge in [0.25, 0.3) is 0 Å². The molecular formula is C14H14Br2O. The van der Waals surface area contributed by atoms with Gasteiger partial charge in [-0.1, -0.05) is 46.3 Å². The van der Waals surface area contributed by atoms with Crippen LogP contribution < -0.4 is 4.74 Å². The zero-order valence-electron chi connectivity index (χ0n) is 9.46. The van der Waals surface area contributed by atoms with Crippen LogP contribution in [0.15, 0.2) is 40.9 Å². The van der Waals surface area contributed by atoms with E-state index >= 15 is 0 Å². The summed E-state index contributed by atoms with van der Waals surface area (Å²) >= 11 is 7.03. The highest BCUT2D eigenvalue weighted by atomic mass is 79.9. The highest BCUT2D eigenvalue weighted by Gasteiger charge is 2.05. The topological polar surface area (TPSA) is 9.23 Å². The molecule has 17 heavy (non-hydrogen) atoms. The Hall–Kier alpha value is -0.540. The van der Waals surface area contributed by atoms with E-state index in [9.17, 15) is 0 Å². The molecule has 2 aromatic rings. The highest BCUT2D eigenvalue weighted by Crippen LogP contribution is 2.33. The summed E-state index contributed by atoms with van der Waals surface area (Å²) < 4.78 is 6.83. The molecule has 0 aliphatic heterocycles. The molecule has 0 aromatic heterocycles. The molecule has 0 heterocycles. The Morgan fingerprint density at radius 2 is 1.82 bits per heavy atom. The van der Waals surface area contributed by atoms with Gasteiger partial charge in [0, 0.05) is 5.33 Å². The second-order valence-corrected chi connectivity index (χ2v) is 5.43. The molecule has 0 unspecified atom stereocenters. The SMILES string of the molecule is BrCCCCOc1ccc2ccccc2c1Br. The van der Waals surface area contributed by atoms with Crippen molar-refractivity contribution < 1.29 is 4.74 Å². The lowest BCUT2D eigenvalue weighted by atomic mass is 10.1. The van der Waals surface area contributed by atoms with Crippen molar-refractivity contribution in [2.24, 2.45) is 0 Å². The Kier molecular flexibility index (Phi) is 4.86. The molecule has 0 N–H and O–H groups in total. The van der Waals surface area contributed by atoms with Crippen molar-refractivity contribution in [1.29, 1.82) is 0 Å². The van der Waals surface area contributed by atoms with Crippen molar-refractivity contribution in [1.82, 2.24) is 0 Å². The minimum atomic E-state index is 0.766. The number of rotatable bonds is 5. The van der Waals surface area contributed by atoms with E-state index in [4.69, 9.17) is 4.74 Å². The standard InChI is InChI=1S/C14H14Br2O/c15-9-3-4-10-17-13-8-7-11-5-1-2-6-12(11)14(13)16/h1-2,5-8H,3-4,9-10H2. The van der Waals surface area contributed by atoms with Crippen LogP contribution in [0.25, 0.3) is 10.8 Å². The summed E-state index contributed by atoms with van der Waals surface area (Å²) in [5.41, 5.74) is 0. The maximum atomic E-state index is 5.78. The number of hydrogen-bond donors (Lipinski definition) is 0. The van der Waals surface area contributed by atoms with Crippen molar-refractivity contribution in [2.75, 3.05) is 11.9 Å². The number of hydrogen-bond acceptors (Lipinski definition) is 1. The number of fused-ring (bicyclic) bond motifs is 1. The van der Waals surface area contributed by atoms with Crippen LogP contribution in [0.1, 0.15) is 12.8 Å². The van der Waals surface area contributed by atoms with Crippen LogP contribution in [-0.4, -0.2) is 11.9 Å². The highest BCUT2D eigenvalue weighted by molar-refractivity contribution is 9.10. The van der Waals surface area contributed by atoms with Gasteiger partial charge in [-0.2, -0.15) is 0 Å². The number of halogens is 2. The van der Waals surface area contributed by atoms with Gasteiger partial charge in [0.2, 0.25) is 0 Å². The maximum absolute atomic E-state index is 5.78. The fourth-order valence-electron chi connectivity index (χ4n) is 1.70. The van der Waals surface area contributed by atoms with E-state index in [-0.39, 0.29) is 0 Å². The van der Waals surface area contributed by atoms with E-state index in [1.807, 2.05) is 18.2 Å². The monoisotopic (exact) mass is 356 g/mol. The Balaban J connectivity index is 2.15. The van der Waals surface area contributed by atoms with Gasteiger partial charge in [-0.05, 0) is 45.6 Å².